The Bertz CT molecular complexity index is 162. The van der Waals surface area contributed by atoms with Crippen LogP contribution >= 0.6 is 0 Å². The molecule has 84 valence electrons. The third-order valence-electron chi connectivity index (χ3n) is 2.34. The first kappa shape index (κ1) is 13.7. The molecular weight excluding hydrogens is 172 g/mol. The summed E-state index contributed by atoms with van der Waals surface area (Å²) in [5, 5.41) is 0. The minimum Gasteiger partial charge on any atom is -0.330 e. The van der Waals surface area contributed by atoms with E-state index in [-0.39, 0.29) is 5.41 Å². The summed E-state index contributed by atoms with van der Waals surface area (Å²) >= 11 is 0. The van der Waals surface area contributed by atoms with Gasteiger partial charge in [-0.25, -0.2) is 0 Å². The van der Waals surface area contributed by atoms with Crippen molar-refractivity contribution in [2.24, 2.45) is 11.1 Å². The van der Waals surface area contributed by atoms with Crippen molar-refractivity contribution >= 4 is 0 Å². The number of hydrogen-bond donors (Lipinski definition) is 1. The van der Waals surface area contributed by atoms with E-state index < -0.39 is 0 Å². The van der Waals surface area contributed by atoms with Crippen molar-refractivity contribution < 1.29 is 0 Å². The Balaban J connectivity index is 4.07. The topological polar surface area (TPSA) is 29.3 Å². The summed E-state index contributed by atoms with van der Waals surface area (Å²) in [6.45, 7) is 12.8. The minimum atomic E-state index is 0.233. The predicted molar refractivity (Wildman–Crippen MR) is 64.4 cm³/mol. The summed E-state index contributed by atoms with van der Waals surface area (Å²) in [5.41, 5.74) is 5.97. The van der Waals surface area contributed by atoms with Crippen LogP contribution in [-0.4, -0.2) is 31.1 Å². The summed E-state index contributed by atoms with van der Waals surface area (Å²) < 4.78 is 0. The van der Waals surface area contributed by atoms with E-state index in [2.05, 4.69) is 44.7 Å². The Morgan fingerprint density at radius 1 is 1.36 bits per heavy atom. The molecule has 0 aromatic heterocycles. The number of allylic oxidation sites excluding steroid dienone is 1. The van der Waals surface area contributed by atoms with Crippen LogP contribution in [0.25, 0.3) is 0 Å². The average Bonchev–Trinajstić information content (AvgIpc) is 2.14. The highest BCUT2D eigenvalue weighted by atomic mass is 15.1. The predicted octanol–water partition coefficient (Wildman–Crippen LogP) is 2.26. The Labute approximate surface area is 89.2 Å². The lowest BCUT2D eigenvalue weighted by molar-refractivity contribution is 0.198. The first-order valence-electron chi connectivity index (χ1n) is 5.59. The SMILES string of the molecule is CC=CCN(CCC)CC(C)(C)CN. The highest BCUT2D eigenvalue weighted by Gasteiger charge is 2.18. The van der Waals surface area contributed by atoms with Gasteiger partial charge in [0.1, 0.15) is 0 Å². The Kier molecular flexibility index (Phi) is 6.85. The van der Waals surface area contributed by atoms with Crippen molar-refractivity contribution in [1.29, 1.82) is 0 Å². The van der Waals surface area contributed by atoms with Crippen LogP contribution in [0.15, 0.2) is 12.2 Å². The van der Waals surface area contributed by atoms with Crippen LogP contribution in [0.2, 0.25) is 0 Å². The van der Waals surface area contributed by atoms with Crippen LogP contribution in [0.5, 0.6) is 0 Å². The van der Waals surface area contributed by atoms with Crippen LogP contribution in [0.3, 0.4) is 0 Å². The number of hydrogen-bond acceptors (Lipinski definition) is 2. The quantitative estimate of drug-likeness (QED) is 0.636. The van der Waals surface area contributed by atoms with Crippen LogP contribution in [-0.2, 0) is 0 Å². The zero-order valence-corrected chi connectivity index (χ0v) is 10.2. The lowest BCUT2D eigenvalue weighted by Crippen LogP contribution is -2.39. The Morgan fingerprint density at radius 3 is 2.43 bits per heavy atom. The lowest BCUT2D eigenvalue weighted by Gasteiger charge is -2.30. The normalized spacial score (nSPS) is 13.0. The average molecular weight is 198 g/mol. The molecule has 0 aliphatic carbocycles. The van der Waals surface area contributed by atoms with Crippen LogP contribution in [0.1, 0.15) is 34.1 Å². The van der Waals surface area contributed by atoms with Gasteiger partial charge in [-0.15, -0.1) is 0 Å². The van der Waals surface area contributed by atoms with E-state index in [0.29, 0.717) is 0 Å². The van der Waals surface area contributed by atoms with E-state index in [1.807, 2.05) is 0 Å². The molecule has 2 nitrogen and oxygen atoms in total. The molecule has 0 aromatic carbocycles. The highest BCUT2D eigenvalue weighted by molar-refractivity contribution is 4.83. The molecule has 0 heterocycles. The van der Waals surface area contributed by atoms with Gasteiger partial charge in [0.05, 0.1) is 0 Å². The van der Waals surface area contributed by atoms with Gasteiger partial charge in [0.25, 0.3) is 0 Å². The fraction of sp³-hybridized carbons (Fsp3) is 0.833. The molecule has 14 heavy (non-hydrogen) atoms. The zero-order valence-electron chi connectivity index (χ0n) is 10.2. The molecule has 0 saturated heterocycles. The molecule has 0 aliphatic rings. The summed E-state index contributed by atoms with van der Waals surface area (Å²) in [6.07, 6.45) is 5.53. The van der Waals surface area contributed by atoms with E-state index in [1.165, 1.54) is 6.42 Å². The maximum absolute atomic E-state index is 5.73. The van der Waals surface area contributed by atoms with Gasteiger partial charge in [-0.1, -0.05) is 32.9 Å². The molecule has 0 spiro atoms. The molecule has 0 amide bonds. The van der Waals surface area contributed by atoms with Gasteiger partial charge in [0.2, 0.25) is 0 Å². The van der Waals surface area contributed by atoms with E-state index in [9.17, 15) is 0 Å². The standard InChI is InChI=1S/C12H26N2/c1-5-7-9-14(8-6-2)11-12(3,4)10-13/h5,7H,6,8-11,13H2,1-4H3. The first-order valence-corrected chi connectivity index (χ1v) is 5.59. The van der Waals surface area contributed by atoms with Gasteiger partial charge in [0.15, 0.2) is 0 Å². The molecule has 0 rings (SSSR count). The molecule has 2 N–H and O–H groups in total. The van der Waals surface area contributed by atoms with Crippen molar-refractivity contribution in [3.05, 3.63) is 12.2 Å². The van der Waals surface area contributed by atoms with Gasteiger partial charge >= 0.3 is 0 Å². The second-order valence-corrected chi connectivity index (χ2v) is 4.67. The molecule has 0 aliphatic heterocycles. The van der Waals surface area contributed by atoms with E-state index in [0.717, 1.165) is 26.2 Å². The monoisotopic (exact) mass is 198 g/mol. The smallest absolute Gasteiger partial charge is 0.0163 e. The first-order chi connectivity index (χ1) is 6.55. The summed E-state index contributed by atoms with van der Waals surface area (Å²) in [5.74, 6) is 0. The highest BCUT2D eigenvalue weighted by Crippen LogP contribution is 2.14. The summed E-state index contributed by atoms with van der Waals surface area (Å²) in [4.78, 5) is 2.47. The Hall–Kier alpha value is -0.340. The van der Waals surface area contributed by atoms with Crippen molar-refractivity contribution in [1.82, 2.24) is 4.90 Å². The minimum absolute atomic E-state index is 0.233. The molecule has 0 atom stereocenters. The summed E-state index contributed by atoms with van der Waals surface area (Å²) in [7, 11) is 0. The third kappa shape index (κ3) is 6.17. The van der Waals surface area contributed by atoms with Gasteiger partial charge in [-0.2, -0.15) is 0 Å². The van der Waals surface area contributed by atoms with E-state index in [4.69, 9.17) is 5.73 Å². The fourth-order valence-corrected chi connectivity index (χ4v) is 1.48. The molecular formula is C12H26N2. The molecule has 0 aromatic rings. The number of rotatable bonds is 7. The van der Waals surface area contributed by atoms with E-state index in [1.54, 1.807) is 0 Å². The lowest BCUT2D eigenvalue weighted by atomic mass is 9.93. The van der Waals surface area contributed by atoms with Crippen LogP contribution in [0, 0.1) is 5.41 Å². The van der Waals surface area contributed by atoms with Gasteiger partial charge in [-0.3, -0.25) is 4.90 Å². The molecule has 0 unspecified atom stereocenters. The third-order valence-corrected chi connectivity index (χ3v) is 2.34. The summed E-state index contributed by atoms with van der Waals surface area (Å²) in [6, 6.07) is 0. The molecule has 0 radical (unpaired) electrons. The maximum Gasteiger partial charge on any atom is 0.0163 e. The zero-order chi connectivity index (χ0) is 11.0. The molecule has 0 fully saturated rings. The molecule has 0 bridgehead atoms. The maximum atomic E-state index is 5.73. The van der Waals surface area contributed by atoms with Crippen molar-refractivity contribution in [3.8, 4) is 0 Å². The van der Waals surface area contributed by atoms with Gasteiger partial charge in [-0.05, 0) is 31.8 Å². The van der Waals surface area contributed by atoms with Gasteiger partial charge in [0, 0.05) is 13.1 Å². The Morgan fingerprint density at radius 2 is 2.00 bits per heavy atom. The number of nitrogens with zero attached hydrogens (tertiary/aromatic N) is 1. The molecule has 0 saturated carbocycles. The molecule has 2 heteroatoms. The van der Waals surface area contributed by atoms with Crippen LogP contribution < -0.4 is 5.73 Å². The van der Waals surface area contributed by atoms with E-state index >= 15 is 0 Å². The van der Waals surface area contributed by atoms with Crippen LogP contribution in [0.4, 0.5) is 0 Å². The largest absolute Gasteiger partial charge is 0.330 e. The van der Waals surface area contributed by atoms with Crippen molar-refractivity contribution in [3.63, 3.8) is 0 Å². The van der Waals surface area contributed by atoms with Gasteiger partial charge < -0.3 is 5.73 Å². The second-order valence-electron chi connectivity index (χ2n) is 4.67. The van der Waals surface area contributed by atoms with Crippen molar-refractivity contribution in [2.75, 3.05) is 26.2 Å². The van der Waals surface area contributed by atoms with Crippen molar-refractivity contribution in [2.45, 2.75) is 34.1 Å². The second kappa shape index (κ2) is 7.02. The fourth-order valence-electron chi connectivity index (χ4n) is 1.48. The number of nitrogens with two attached hydrogens (primary N) is 1.